The summed E-state index contributed by atoms with van der Waals surface area (Å²) < 4.78 is 12.9. The van der Waals surface area contributed by atoms with Gasteiger partial charge in [-0.25, -0.2) is 0 Å². The summed E-state index contributed by atoms with van der Waals surface area (Å²) in [5.74, 6) is 3.01. The molecule has 1 heterocycles. The van der Waals surface area contributed by atoms with Crippen molar-refractivity contribution < 1.29 is 14.3 Å². The van der Waals surface area contributed by atoms with Gasteiger partial charge in [0.1, 0.15) is 6.10 Å². The van der Waals surface area contributed by atoms with Gasteiger partial charge in [0.2, 0.25) is 0 Å². The molecule has 2 aromatic carbocycles. The molecule has 2 aliphatic carbocycles. The van der Waals surface area contributed by atoms with Gasteiger partial charge in [0.25, 0.3) is 5.91 Å². The molecule has 0 N–H and O–H groups in total. The number of halogens is 1. The SMILES string of the molecule is COc1ccc(/C=C2\C(=O)N(C)c3ccc(Br)cc32)cc1OC1CC2CCC1C2. The van der Waals surface area contributed by atoms with Crippen LogP contribution in [0.5, 0.6) is 11.5 Å². The van der Waals surface area contributed by atoms with Crippen LogP contribution in [0, 0.1) is 11.8 Å². The molecule has 2 aromatic rings. The second kappa shape index (κ2) is 7.21. The predicted molar refractivity (Wildman–Crippen MR) is 118 cm³/mol. The minimum absolute atomic E-state index is 0.00416. The molecule has 5 heteroatoms. The van der Waals surface area contributed by atoms with Crippen LogP contribution in [-0.2, 0) is 4.79 Å². The summed E-state index contributed by atoms with van der Waals surface area (Å²) in [6.07, 6.45) is 7.28. The normalized spacial score (nSPS) is 26.3. The van der Waals surface area contributed by atoms with E-state index in [-0.39, 0.29) is 12.0 Å². The molecule has 3 aliphatic rings. The average molecular weight is 454 g/mol. The molecule has 1 amide bonds. The largest absolute Gasteiger partial charge is 0.493 e. The summed E-state index contributed by atoms with van der Waals surface area (Å²) in [6, 6.07) is 11.8. The lowest BCUT2D eigenvalue weighted by Crippen LogP contribution is -2.23. The number of carbonyl (C=O) groups is 1. The number of likely N-dealkylation sites (N-methyl/N-ethyl adjacent to an activating group) is 1. The van der Waals surface area contributed by atoms with Gasteiger partial charge in [0.05, 0.1) is 12.8 Å². The molecular weight excluding hydrogens is 430 g/mol. The van der Waals surface area contributed by atoms with Crippen LogP contribution in [0.2, 0.25) is 0 Å². The van der Waals surface area contributed by atoms with Gasteiger partial charge in [-0.05, 0) is 79.5 Å². The van der Waals surface area contributed by atoms with E-state index in [2.05, 4.69) is 15.9 Å². The molecule has 0 spiro atoms. The van der Waals surface area contributed by atoms with E-state index in [1.807, 2.05) is 49.5 Å². The highest BCUT2D eigenvalue weighted by atomic mass is 79.9. The number of anilines is 1. The lowest BCUT2D eigenvalue weighted by Gasteiger charge is -2.24. The third-order valence-corrected chi connectivity index (χ3v) is 7.09. The Bertz CT molecular complexity index is 1020. The smallest absolute Gasteiger partial charge is 0.258 e. The Hall–Kier alpha value is -2.27. The summed E-state index contributed by atoms with van der Waals surface area (Å²) >= 11 is 3.52. The van der Waals surface area contributed by atoms with E-state index < -0.39 is 0 Å². The highest BCUT2D eigenvalue weighted by Gasteiger charge is 2.41. The van der Waals surface area contributed by atoms with Crippen LogP contribution < -0.4 is 14.4 Å². The van der Waals surface area contributed by atoms with Crippen molar-refractivity contribution in [2.75, 3.05) is 19.1 Å². The molecule has 3 unspecified atom stereocenters. The maximum atomic E-state index is 12.8. The molecule has 0 aromatic heterocycles. The molecule has 2 bridgehead atoms. The van der Waals surface area contributed by atoms with Gasteiger partial charge in [0.15, 0.2) is 11.5 Å². The van der Waals surface area contributed by atoms with E-state index in [4.69, 9.17) is 9.47 Å². The van der Waals surface area contributed by atoms with Crippen molar-refractivity contribution in [1.29, 1.82) is 0 Å². The van der Waals surface area contributed by atoms with E-state index >= 15 is 0 Å². The predicted octanol–water partition coefficient (Wildman–Crippen LogP) is 5.54. The number of nitrogens with zero attached hydrogens (tertiary/aromatic N) is 1. The minimum atomic E-state index is 0.00416. The van der Waals surface area contributed by atoms with Crippen molar-refractivity contribution in [3.05, 3.63) is 52.0 Å². The van der Waals surface area contributed by atoms with E-state index in [1.165, 1.54) is 19.3 Å². The monoisotopic (exact) mass is 453 g/mol. The molecule has 1 aliphatic heterocycles. The van der Waals surface area contributed by atoms with Crippen LogP contribution in [0.1, 0.15) is 36.8 Å². The standard InChI is InChI=1S/C24H24BrNO3/c1-26-20-7-6-17(25)13-18(20)19(24(26)27)10-15-4-8-21(28-2)23(12-15)29-22-11-14-3-5-16(22)9-14/h4,6-8,10,12-14,16,22H,3,5,9,11H2,1-2H3/b19-10-. The van der Waals surface area contributed by atoms with Crippen LogP contribution in [0.4, 0.5) is 5.69 Å². The van der Waals surface area contributed by atoms with Crippen molar-refractivity contribution in [3.63, 3.8) is 0 Å². The molecule has 2 saturated carbocycles. The van der Waals surface area contributed by atoms with Gasteiger partial charge >= 0.3 is 0 Å². The fraction of sp³-hybridized carbons (Fsp3) is 0.375. The molecule has 4 nitrogen and oxygen atoms in total. The first-order valence-electron chi connectivity index (χ1n) is 10.2. The maximum Gasteiger partial charge on any atom is 0.258 e. The van der Waals surface area contributed by atoms with Gasteiger partial charge in [-0.3, -0.25) is 4.79 Å². The summed E-state index contributed by atoms with van der Waals surface area (Å²) in [5, 5.41) is 0. The first-order valence-corrected chi connectivity index (χ1v) is 11.0. The third kappa shape index (κ3) is 3.25. The number of carbonyl (C=O) groups excluding carboxylic acids is 1. The zero-order valence-electron chi connectivity index (χ0n) is 16.7. The van der Waals surface area contributed by atoms with Gasteiger partial charge in [-0.1, -0.05) is 22.0 Å². The first kappa shape index (κ1) is 18.7. The molecule has 150 valence electrons. The number of benzene rings is 2. The topological polar surface area (TPSA) is 38.8 Å². The van der Waals surface area contributed by atoms with Crippen LogP contribution in [0.3, 0.4) is 0 Å². The Morgan fingerprint density at radius 3 is 2.69 bits per heavy atom. The van der Waals surface area contributed by atoms with Crippen LogP contribution in [0.15, 0.2) is 40.9 Å². The van der Waals surface area contributed by atoms with Crippen LogP contribution in [0.25, 0.3) is 11.6 Å². The van der Waals surface area contributed by atoms with E-state index in [0.29, 0.717) is 11.5 Å². The van der Waals surface area contributed by atoms with Gasteiger partial charge < -0.3 is 14.4 Å². The molecule has 5 rings (SSSR count). The number of methoxy groups -OCH3 is 1. The Labute approximate surface area is 179 Å². The summed E-state index contributed by atoms with van der Waals surface area (Å²) in [5.41, 5.74) is 3.50. The van der Waals surface area contributed by atoms with Crippen molar-refractivity contribution in [3.8, 4) is 11.5 Å². The number of hydrogen-bond donors (Lipinski definition) is 0. The number of ether oxygens (including phenoxy) is 2. The van der Waals surface area contributed by atoms with Crippen LogP contribution >= 0.6 is 15.9 Å². The Morgan fingerprint density at radius 2 is 1.97 bits per heavy atom. The van der Waals surface area contributed by atoms with Crippen molar-refractivity contribution >= 4 is 39.2 Å². The number of rotatable bonds is 4. The lowest BCUT2D eigenvalue weighted by atomic mass is 9.97. The molecule has 29 heavy (non-hydrogen) atoms. The van der Waals surface area contributed by atoms with Gasteiger partial charge in [0, 0.05) is 22.7 Å². The quantitative estimate of drug-likeness (QED) is 0.570. The van der Waals surface area contributed by atoms with Crippen molar-refractivity contribution in [2.24, 2.45) is 11.8 Å². The minimum Gasteiger partial charge on any atom is -0.493 e. The zero-order valence-corrected chi connectivity index (χ0v) is 18.2. The number of amides is 1. The summed E-state index contributed by atoms with van der Waals surface area (Å²) in [7, 11) is 3.48. The Morgan fingerprint density at radius 1 is 1.10 bits per heavy atom. The molecule has 2 fully saturated rings. The van der Waals surface area contributed by atoms with E-state index in [9.17, 15) is 4.79 Å². The highest BCUT2D eigenvalue weighted by molar-refractivity contribution is 9.10. The molecule has 0 radical (unpaired) electrons. The first-order chi connectivity index (χ1) is 14.0. The number of fused-ring (bicyclic) bond motifs is 3. The Kier molecular flexibility index (Phi) is 4.66. The van der Waals surface area contributed by atoms with Crippen molar-refractivity contribution in [1.82, 2.24) is 0 Å². The third-order valence-electron chi connectivity index (χ3n) is 6.60. The molecular formula is C24H24BrNO3. The van der Waals surface area contributed by atoms with E-state index in [1.54, 1.807) is 12.0 Å². The Balaban J connectivity index is 1.49. The fourth-order valence-corrected chi connectivity index (χ4v) is 5.46. The zero-order chi connectivity index (χ0) is 20.1. The fourth-order valence-electron chi connectivity index (χ4n) is 5.10. The van der Waals surface area contributed by atoms with Gasteiger partial charge in [-0.2, -0.15) is 0 Å². The van der Waals surface area contributed by atoms with Crippen molar-refractivity contribution in [2.45, 2.75) is 31.8 Å². The van der Waals surface area contributed by atoms with E-state index in [0.717, 1.165) is 45.1 Å². The second-order valence-corrected chi connectivity index (χ2v) is 9.24. The summed E-state index contributed by atoms with van der Waals surface area (Å²) in [4.78, 5) is 14.5. The van der Waals surface area contributed by atoms with Gasteiger partial charge in [-0.15, -0.1) is 0 Å². The molecule has 3 atom stereocenters. The number of hydrogen-bond acceptors (Lipinski definition) is 3. The average Bonchev–Trinajstić information content (AvgIpc) is 3.39. The summed E-state index contributed by atoms with van der Waals surface area (Å²) in [6.45, 7) is 0. The molecule has 0 saturated heterocycles. The second-order valence-electron chi connectivity index (χ2n) is 8.33. The van der Waals surface area contributed by atoms with Crippen LogP contribution in [-0.4, -0.2) is 26.2 Å². The maximum absolute atomic E-state index is 12.8. The lowest BCUT2D eigenvalue weighted by molar-refractivity contribution is -0.112. The highest BCUT2D eigenvalue weighted by Crippen LogP contribution is 2.47.